The molecule has 6 nitrogen and oxygen atoms in total. The van der Waals surface area contributed by atoms with E-state index in [1.165, 1.54) is 11.8 Å². The number of carbonyl (C=O) groups is 1. The fourth-order valence-corrected chi connectivity index (χ4v) is 3.01. The molecular formula is C14H18BrN5OS. The summed E-state index contributed by atoms with van der Waals surface area (Å²) in [6.07, 6.45) is 0. The fourth-order valence-electron chi connectivity index (χ4n) is 1.84. The van der Waals surface area contributed by atoms with Crippen molar-refractivity contribution in [3.05, 3.63) is 28.2 Å². The predicted octanol–water partition coefficient (Wildman–Crippen LogP) is 3.13. The maximum absolute atomic E-state index is 12.1. The molecule has 0 bridgehead atoms. The Morgan fingerprint density at radius 2 is 2.23 bits per heavy atom. The molecule has 0 spiro atoms. The van der Waals surface area contributed by atoms with Crippen LogP contribution in [0.1, 0.15) is 19.4 Å². The van der Waals surface area contributed by atoms with Crippen molar-refractivity contribution >= 4 is 39.3 Å². The van der Waals surface area contributed by atoms with Gasteiger partial charge >= 0.3 is 0 Å². The average molecular weight is 384 g/mol. The van der Waals surface area contributed by atoms with Gasteiger partial charge in [0.2, 0.25) is 11.1 Å². The van der Waals surface area contributed by atoms with Crippen LogP contribution in [0, 0.1) is 12.8 Å². The largest absolute Gasteiger partial charge is 0.325 e. The van der Waals surface area contributed by atoms with Crippen molar-refractivity contribution in [3.63, 3.8) is 0 Å². The van der Waals surface area contributed by atoms with Gasteiger partial charge in [0, 0.05) is 16.7 Å². The second kappa shape index (κ2) is 7.73. The van der Waals surface area contributed by atoms with Gasteiger partial charge < -0.3 is 5.32 Å². The van der Waals surface area contributed by atoms with E-state index in [1.807, 2.05) is 25.1 Å². The van der Waals surface area contributed by atoms with Gasteiger partial charge in [0.15, 0.2) is 0 Å². The summed E-state index contributed by atoms with van der Waals surface area (Å²) in [5, 5.41) is 15.1. The summed E-state index contributed by atoms with van der Waals surface area (Å²) in [6.45, 7) is 6.89. The molecule has 0 saturated heterocycles. The number of hydrogen-bond donors (Lipinski definition) is 1. The molecule has 22 heavy (non-hydrogen) atoms. The molecule has 2 rings (SSSR count). The lowest BCUT2D eigenvalue weighted by atomic mass is 10.2. The van der Waals surface area contributed by atoms with Crippen LogP contribution in [0.15, 0.2) is 27.8 Å². The van der Waals surface area contributed by atoms with Gasteiger partial charge in [-0.05, 0) is 47.0 Å². The highest BCUT2D eigenvalue weighted by Gasteiger charge is 2.11. The van der Waals surface area contributed by atoms with Crippen LogP contribution in [0.5, 0.6) is 0 Å². The quantitative estimate of drug-likeness (QED) is 0.775. The number of rotatable bonds is 6. The summed E-state index contributed by atoms with van der Waals surface area (Å²) >= 11 is 4.74. The maximum atomic E-state index is 12.1. The normalized spacial score (nSPS) is 11.0. The smallest absolute Gasteiger partial charge is 0.234 e. The van der Waals surface area contributed by atoms with Crippen molar-refractivity contribution in [2.24, 2.45) is 5.92 Å². The van der Waals surface area contributed by atoms with E-state index in [9.17, 15) is 4.79 Å². The molecule has 0 unspecified atom stereocenters. The van der Waals surface area contributed by atoms with E-state index in [-0.39, 0.29) is 11.7 Å². The molecule has 118 valence electrons. The molecule has 1 amide bonds. The Morgan fingerprint density at radius 3 is 2.91 bits per heavy atom. The summed E-state index contributed by atoms with van der Waals surface area (Å²) < 4.78 is 2.72. The molecule has 1 N–H and O–H groups in total. The van der Waals surface area contributed by atoms with Crippen molar-refractivity contribution in [1.29, 1.82) is 0 Å². The van der Waals surface area contributed by atoms with Gasteiger partial charge in [-0.3, -0.25) is 4.79 Å². The monoisotopic (exact) mass is 383 g/mol. The molecule has 0 radical (unpaired) electrons. The van der Waals surface area contributed by atoms with E-state index < -0.39 is 0 Å². The number of amides is 1. The van der Waals surface area contributed by atoms with Gasteiger partial charge in [-0.15, -0.1) is 5.10 Å². The number of anilines is 1. The Kier molecular flexibility index (Phi) is 5.96. The van der Waals surface area contributed by atoms with Crippen LogP contribution < -0.4 is 5.32 Å². The number of carbonyl (C=O) groups excluding carboxylic acids is 1. The molecule has 1 aromatic heterocycles. The highest BCUT2D eigenvalue weighted by molar-refractivity contribution is 9.10. The van der Waals surface area contributed by atoms with Crippen LogP contribution in [0.3, 0.4) is 0 Å². The highest BCUT2D eigenvalue weighted by Crippen LogP contribution is 2.21. The number of nitrogens with one attached hydrogen (secondary N) is 1. The predicted molar refractivity (Wildman–Crippen MR) is 90.9 cm³/mol. The highest BCUT2D eigenvalue weighted by atomic mass is 79.9. The lowest BCUT2D eigenvalue weighted by molar-refractivity contribution is -0.113. The van der Waals surface area contributed by atoms with E-state index in [0.717, 1.165) is 22.3 Å². The third-order valence-electron chi connectivity index (χ3n) is 2.83. The molecule has 1 aromatic carbocycles. The number of thioether (sulfide) groups is 1. The molecule has 0 atom stereocenters. The van der Waals surface area contributed by atoms with Crippen LogP contribution in [0.25, 0.3) is 0 Å². The van der Waals surface area contributed by atoms with Gasteiger partial charge in [-0.2, -0.15) is 0 Å². The maximum Gasteiger partial charge on any atom is 0.234 e. The van der Waals surface area contributed by atoms with E-state index in [1.54, 1.807) is 4.68 Å². The Labute approximate surface area is 142 Å². The topological polar surface area (TPSA) is 72.7 Å². The SMILES string of the molecule is Cc1cc(Br)ccc1NC(=O)CSc1nnnn1CC(C)C. The molecule has 2 aromatic rings. The number of hydrogen-bond acceptors (Lipinski definition) is 5. The number of tetrazole rings is 1. The second-order valence-corrected chi connectivity index (χ2v) is 7.19. The van der Waals surface area contributed by atoms with Gasteiger partial charge in [-0.25, -0.2) is 4.68 Å². The van der Waals surface area contributed by atoms with Crippen LogP contribution in [-0.2, 0) is 11.3 Å². The number of benzene rings is 1. The Bertz CT molecular complexity index is 658. The Morgan fingerprint density at radius 1 is 1.45 bits per heavy atom. The molecule has 0 saturated carbocycles. The van der Waals surface area contributed by atoms with Crippen molar-refractivity contribution in [3.8, 4) is 0 Å². The lowest BCUT2D eigenvalue weighted by Gasteiger charge is -2.09. The number of halogens is 1. The van der Waals surface area contributed by atoms with E-state index in [4.69, 9.17) is 0 Å². The van der Waals surface area contributed by atoms with Gasteiger partial charge in [0.1, 0.15) is 0 Å². The first kappa shape index (κ1) is 17.0. The number of aryl methyl sites for hydroxylation is 1. The summed E-state index contributed by atoms with van der Waals surface area (Å²) in [5.41, 5.74) is 1.83. The summed E-state index contributed by atoms with van der Waals surface area (Å²) in [6, 6.07) is 5.75. The zero-order valence-corrected chi connectivity index (χ0v) is 15.1. The van der Waals surface area contributed by atoms with Crippen molar-refractivity contribution in [2.75, 3.05) is 11.1 Å². The average Bonchev–Trinajstić information content (AvgIpc) is 2.86. The minimum atomic E-state index is -0.0745. The molecule has 0 aliphatic carbocycles. The number of aromatic nitrogens is 4. The molecule has 8 heteroatoms. The van der Waals surface area contributed by atoms with Crippen LogP contribution in [-0.4, -0.2) is 31.9 Å². The molecule has 1 heterocycles. The molecular weight excluding hydrogens is 366 g/mol. The van der Waals surface area contributed by atoms with E-state index in [2.05, 4.69) is 50.6 Å². The van der Waals surface area contributed by atoms with Crippen molar-refractivity contribution < 1.29 is 4.79 Å². The minimum Gasteiger partial charge on any atom is -0.325 e. The van der Waals surface area contributed by atoms with Crippen molar-refractivity contribution in [2.45, 2.75) is 32.5 Å². The zero-order chi connectivity index (χ0) is 16.1. The van der Waals surface area contributed by atoms with Crippen molar-refractivity contribution in [1.82, 2.24) is 20.2 Å². The fraction of sp³-hybridized carbons (Fsp3) is 0.429. The summed E-state index contributed by atoms with van der Waals surface area (Å²) in [4.78, 5) is 12.1. The van der Waals surface area contributed by atoms with E-state index >= 15 is 0 Å². The molecule has 0 aliphatic heterocycles. The first-order chi connectivity index (χ1) is 10.5. The van der Waals surface area contributed by atoms with Crippen LogP contribution in [0.4, 0.5) is 5.69 Å². The summed E-state index contributed by atoms with van der Waals surface area (Å²) in [5.74, 6) is 0.644. The summed E-state index contributed by atoms with van der Waals surface area (Å²) in [7, 11) is 0. The molecule has 0 fully saturated rings. The van der Waals surface area contributed by atoms with Gasteiger partial charge in [0.25, 0.3) is 0 Å². The van der Waals surface area contributed by atoms with Gasteiger partial charge in [0.05, 0.1) is 5.75 Å². The minimum absolute atomic E-state index is 0.0745. The molecule has 0 aliphatic rings. The third-order valence-corrected chi connectivity index (χ3v) is 4.28. The standard InChI is InChI=1S/C14H18BrN5OS/c1-9(2)7-20-14(17-18-19-20)22-8-13(21)16-12-5-4-11(15)6-10(12)3/h4-6,9H,7-8H2,1-3H3,(H,16,21). The Balaban J connectivity index is 1.92. The van der Waals surface area contributed by atoms with Gasteiger partial charge in [-0.1, -0.05) is 41.5 Å². The zero-order valence-electron chi connectivity index (χ0n) is 12.7. The lowest BCUT2D eigenvalue weighted by Crippen LogP contribution is -2.16. The first-order valence-corrected chi connectivity index (χ1v) is 8.68. The first-order valence-electron chi connectivity index (χ1n) is 6.90. The number of nitrogens with zero attached hydrogens (tertiary/aromatic N) is 4. The van der Waals surface area contributed by atoms with Crippen LogP contribution >= 0.6 is 27.7 Å². The second-order valence-electron chi connectivity index (χ2n) is 5.33. The third kappa shape index (κ3) is 4.81. The Hall–Kier alpha value is -1.41. The van der Waals surface area contributed by atoms with E-state index in [0.29, 0.717) is 11.1 Å². The van der Waals surface area contributed by atoms with Crippen LogP contribution in [0.2, 0.25) is 0 Å².